The second-order valence-corrected chi connectivity index (χ2v) is 6.79. The molecule has 8 nitrogen and oxygen atoms in total. The molecule has 0 aromatic carbocycles. The maximum Gasteiger partial charge on any atom is 0.317 e. The van der Waals surface area contributed by atoms with E-state index >= 15 is 0 Å². The van der Waals surface area contributed by atoms with Crippen LogP contribution in [0.25, 0.3) is 0 Å². The molecule has 1 unspecified atom stereocenters. The third kappa shape index (κ3) is 6.45. The number of urea groups is 1. The number of nitrogens with one attached hydrogen (secondary N) is 1. The molecule has 144 valence electrons. The van der Waals surface area contributed by atoms with Crippen molar-refractivity contribution in [3.63, 3.8) is 0 Å². The van der Waals surface area contributed by atoms with Gasteiger partial charge in [0, 0.05) is 52.5 Å². The SMILES string of the molecule is O=C(NCC1CCOCC1)N1CCN(C(=O)C(O)CCCCO)CC1. The van der Waals surface area contributed by atoms with Crippen LogP contribution in [0.1, 0.15) is 32.1 Å². The first kappa shape index (κ1) is 19.9. The van der Waals surface area contributed by atoms with Crippen LogP contribution in [-0.2, 0) is 9.53 Å². The summed E-state index contributed by atoms with van der Waals surface area (Å²) in [5.41, 5.74) is 0. The van der Waals surface area contributed by atoms with E-state index in [9.17, 15) is 14.7 Å². The molecule has 3 amide bonds. The molecule has 0 spiro atoms. The lowest BCUT2D eigenvalue weighted by molar-refractivity contribution is -0.142. The third-order valence-corrected chi connectivity index (χ3v) is 4.93. The van der Waals surface area contributed by atoms with E-state index < -0.39 is 6.10 Å². The predicted molar refractivity (Wildman–Crippen MR) is 92.0 cm³/mol. The highest BCUT2D eigenvalue weighted by molar-refractivity contribution is 5.81. The predicted octanol–water partition coefficient (Wildman–Crippen LogP) is -0.210. The summed E-state index contributed by atoms with van der Waals surface area (Å²) >= 11 is 0. The summed E-state index contributed by atoms with van der Waals surface area (Å²) in [5.74, 6) is 0.204. The van der Waals surface area contributed by atoms with Crippen molar-refractivity contribution in [2.75, 3.05) is 52.5 Å². The Bertz CT molecular complexity index is 421. The molecule has 0 aliphatic carbocycles. The summed E-state index contributed by atoms with van der Waals surface area (Å²) in [6.45, 7) is 4.13. The van der Waals surface area contributed by atoms with E-state index in [1.807, 2.05) is 0 Å². The van der Waals surface area contributed by atoms with Crippen molar-refractivity contribution in [3.8, 4) is 0 Å². The van der Waals surface area contributed by atoms with Crippen LogP contribution in [-0.4, -0.2) is 90.6 Å². The summed E-state index contributed by atoms with van der Waals surface area (Å²) in [7, 11) is 0. The van der Waals surface area contributed by atoms with Gasteiger partial charge in [-0.15, -0.1) is 0 Å². The normalized spacial score (nSPS) is 20.4. The second-order valence-electron chi connectivity index (χ2n) is 6.79. The van der Waals surface area contributed by atoms with Crippen molar-refractivity contribution >= 4 is 11.9 Å². The second kappa shape index (κ2) is 10.6. The van der Waals surface area contributed by atoms with E-state index in [4.69, 9.17) is 9.84 Å². The number of hydrogen-bond donors (Lipinski definition) is 3. The molecule has 2 fully saturated rings. The quantitative estimate of drug-likeness (QED) is 0.547. The Labute approximate surface area is 149 Å². The number of carbonyl (C=O) groups is 2. The molecule has 0 aromatic rings. The number of rotatable bonds is 7. The van der Waals surface area contributed by atoms with Gasteiger partial charge in [-0.25, -0.2) is 4.79 Å². The van der Waals surface area contributed by atoms with Gasteiger partial charge in [-0.05, 0) is 38.0 Å². The van der Waals surface area contributed by atoms with Gasteiger partial charge in [0.1, 0.15) is 6.10 Å². The van der Waals surface area contributed by atoms with E-state index in [0.717, 1.165) is 26.1 Å². The molecule has 2 heterocycles. The molecule has 0 radical (unpaired) electrons. The largest absolute Gasteiger partial charge is 0.396 e. The lowest BCUT2D eigenvalue weighted by Gasteiger charge is -2.36. The van der Waals surface area contributed by atoms with Crippen molar-refractivity contribution in [3.05, 3.63) is 0 Å². The Hall–Kier alpha value is -1.38. The van der Waals surface area contributed by atoms with Crippen molar-refractivity contribution in [1.82, 2.24) is 15.1 Å². The molecule has 3 N–H and O–H groups in total. The summed E-state index contributed by atoms with van der Waals surface area (Å²) in [6.07, 6.45) is 2.53. The zero-order valence-electron chi connectivity index (χ0n) is 14.9. The van der Waals surface area contributed by atoms with E-state index in [1.165, 1.54) is 0 Å². The van der Waals surface area contributed by atoms with Gasteiger partial charge in [0.25, 0.3) is 5.91 Å². The molecular formula is C17H31N3O5. The molecule has 8 heteroatoms. The molecule has 2 aliphatic rings. The fraction of sp³-hybridized carbons (Fsp3) is 0.882. The smallest absolute Gasteiger partial charge is 0.317 e. The first-order valence-corrected chi connectivity index (χ1v) is 9.30. The molecule has 25 heavy (non-hydrogen) atoms. The summed E-state index contributed by atoms with van der Waals surface area (Å²) in [4.78, 5) is 27.8. The lowest BCUT2D eigenvalue weighted by Crippen LogP contribution is -2.55. The molecule has 1 atom stereocenters. The Kier molecular flexibility index (Phi) is 8.43. The number of hydrogen-bond acceptors (Lipinski definition) is 5. The maximum atomic E-state index is 12.2. The minimum absolute atomic E-state index is 0.0720. The maximum absolute atomic E-state index is 12.2. The minimum Gasteiger partial charge on any atom is -0.396 e. The van der Waals surface area contributed by atoms with Crippen LogP contribution in [0, 0.1) is 5.92 Å². The van der Waals surface area contributed by atoms with Gasteiger partial charge in [0.15, 0.2) is 0 Å². The number of carbonyl (C=O) groups excluding carboxylic acids is 2. The zero-order chi connectivity index (χ0) is 18.1. The van der Waals surface area contributed by atoms with E-state index in [-0.39, 0.29) is 18.5 Å². The lowest BCUT2D eigenvalue weighted by atomic mass is 10.0. The Morgan fingerprint density at radius 3 is 2.36 bits per heavy atom. The number of amides is 3. The summed E-state index contributed by atoms with van der Waals surface area (Å²) < 4.78 is 5.31. The van der Waals surface area contributed by atoms with Crippen LogP contribution < -0.4 is 5.32 Å². The average molecular weight is 357 g/mol. The van der Waals surface area contributed by atoms with Crippen LogP contribution in [0.2, 0.25) is 0 Å². The number of nitrogens with zero attached hydrogens (tertiary/aromatic N) is 2. The molecule has 2 rings (SSSR count). The molecule has 2 saturated heterocycles. The number of aliphatic hydroxyl groups excluding tert-OH is 2. The van der Waals surface area contributed by atoms with Gasteiger partial charge in [0.05, 0.1) is 0 Å². The Balaban J connectivity index is 1.65. The van der Waals surface area contributed by atoms with Gasteiger partial charge in [0.2, 0.25) is 0 Å². The topological polar surface area (TPSA) is 102 Å². The van der Waals surface area contributed by atoms with Crippen molar-refractivity contribution < 1.29 is 24.5 Å². The van der Waals surface area contributed by atoms with Gasteiger partial charge in [-0.1, -0.05) is 0 Å². The van der Waals surface area contributed by atoms with Crippen LogP contribution >= 0.6 is 0 Å². The van der Waals surface area contributed by atoms with Crippen LogP contribution in [0.4, 0.5) is 4.79 Å². The van der Waals surface area contributed by atoms with E-state index in [1.54, 1.807) is 9.80 Å². The van der Waals surface area contributed by atoms with Crippen LogP contribution in [0.15, 0.2) is 0 Å². The van der Waals surface area contributed by atoms with Gasteiger partial charge in [-0.2, -0.15) is 0 Å². The van der Waals surface area contributed by atoms with E-state index in [0.29, 0.717) is 57.9 Å². The van der Waals surface area contributed by atoms with Crippen molar-refractivity contribution in [2.24, 2.45) is 5.92 Å². The Morgan fingerprint density at radius 1 is 1.08 bits per heavy atom. The minimum atomic E-state index is -1.01. The highest BCUT2D eigenvalue weighted by Gasteiger charge is 2.27. The van der Waals surface area contributed by atoms with Gasteiger partial charge in [-0.3, -0.25) is 4.79 Å². The van der Waals surface area contributed by atoms with Crippen LogP contribution in [0.5, 0.6) is 0 Å². The third-order valence-electron chi connectivity index (χ3n) is 4.93. The number of piperazine rings is 1. The Morgan fingerprint density at radius 2 is 1.72 bits per heavy atom. The van der Waals surface area contributed by atoms with Crippen LogP contribution in [0.3, 0.4) is 0 Å². The highest BCUT2D eigenvalue weighted by Crippen LogP contribution is 2.14. The number of aliphatic hydroxyl groups is 2. The first-order valence-electron chi connectivity index (χ1n) is 9.30. The molecule has 2 aliphatic heterocycles. The average Bonchev–Trinajstić information content (AvgIpc) is 2.66. The fourth-order valence-corrected chi connectivity index (χ4v) is 3.21. The van der Waals surface area contributed by atoms with Gasteiger partial charge < -0.3 is 30.1 Å². The van der Waals surface area contributed by atoms with Crippen molar-refractivity contribution in [2.45, 2.75) is 38.2 Å². The zero-order valence-corrected chi connectivity index (χ0v) is 14.9. The molecular weight excluding hydrogens is 326 g/mol. The monoisotopic (exact) mass is 357 g/mol. The van der Waals surface area contributed by atoms with Crippen molar-refractivity contribution in [1.29, 1.82) is 0 Å². The highest BCUT2D eigenvalue weighted by atomic mass is 16.5. The fourth-order valence-electron chi connectivity index (χ4n) is 3.21. The summed E-state index contributed by atoms with van der Waals surface area (Å²) in [5, 5.41) is 21.7. The molecule has 0 bridgehead atoms. The number of unbranched alkanes of at least 4 members (excludes halogenated alkanes) is 1. The molecule has 0 saturated carbocycles. The molecule has 0 aromatic heterocycles. The summed E-state index contributed by atoms with van der Waals surface area (Å²) in [6, 6.07) is -0.0814. The van der Waals surface area contributed by atoms with E-state index in [2.05, 4.69) is 5.32 Å². The van der Waals surface area contributed by atoms with Gasteiger partial charge >= 0.3 is 6.03 Å². The number of ether oxygens (including phenoxy) is 1. The standard InChI is InChI=1S/C17H31N3O5/c21-10-2-1-3-15(22)16(23)19-6-8-20(9-7-19)17(24)18-13-14-4-11-25-12-5-14/h14-15,21-22H,1-13H2,(H,18,24). The first-order chi connectivity index (χ1) is 12.1.